The molecule has 3 rings (SSSR count). The maximum atomic E-state index is 2.16. The van der Waals surface area contributed by atoms with E-state index < -0.39 is 0 Å². The number of rotatable bonds is 3. The standard InChI is InChI=1S/C19H15.BH3/c1-4-10-16(11-5-1)19(17-12-6-2-7-13-17)18-14-8-3-9-15-18;/h1-15H;1H3. The Kier molecular flexibility index (Phi) is 4.78. The van der Waals surface area contributed by atoms with Gasteiger partial charge in [-0.3, -0.25) is 0 Å². The Morgan fingerprint density at radius 1 is 0.400 bits per heavy atom. The summed E-state index contributed by atoms with van der Waals surface area (Å²) in [5.74, 6) is 1.28. The Labute approximate surface area is 122 Å². The van der Waals surface area contributed by atoms with Gasteiger partial charge in [-0.2, -0.15) is 0 Å². The van der Waals surface area contributed by atoms with Gasteiger partial charge in [-0.05, 0) is 16.7 Å². The monoisotopic (exact) mass is 257 g/mol. The van der Waals surface area contributed by atoms with Crippen LogP contribution in [0.3, 0.4) is 0 Å². The second-order valence-electron chi connectivity index (χ2n) is 4.47. The van der Waals surface area contributed by atoms with Crippen LogP contribution in [0.4, 0.5) is 0 Å². The van der Waals surface area contributed by atoms with Gasteiger partial charge in [0.15, 0.2) is 0 Å². The van der Waals surface area contributed by atoms with E-state index in [4.69, 9.17) is 0 Å². The van der Waals surface area contributed by atoms with E-state index >= 15 is 0 Å². The quantitative estimate of drug-likeness (QED) is 0.497. The predicted octanol–water partition coefficient (Wildman–Crippen LogP) is 3.52. The van der Waals surface area contributed by atoms with E-state index in [2.05, 4.69) is 91.0 Å². The van der Waals surface area contributed by atoms with Crippen molar-refractivity contribution in [1.29, 1.82) is 0 Å². The molecular formula is C19H18B. The molecule has 0 saturated heterocycles. The Balaban J connectivity index is 0.00000147. The molecule has 0 aromatic heterocycles. The van der Waals surface area contributed by atoms with Gasteiger partial charge in [-0.1, -0.05) is 91.0 Å². The van der Waals surface area contributed by atoms with E-state index in [9.17, 15) is 0 Å². The van der Waals surface area contributed by atoms with Crippen LogP contribution in [0.2, 0.25) is 0 Å². The minimum atomic E-state index is 0. The van der Waals surface area contributed by atoms with Gasteiger partial charge >= 0.3 is 0 Å². The summed E-state index contributed by atoms with van der Waals surface area (Å²) in [4.78, 5) is 0. The lowest BCUT2D eigenvalue weighted by Gasteiger charge is -2.17. The summed E-state index contributed by atoms with van der Waals surface area (Å²) >= 11 is 0. The maximum absolute atomic E-state index is 2.16. The molecule has 0 unspecified atom stereocenters. The lowest BCUT2D eigenvalue weighted by Crippen LogP contribution is -2.03. The minimum Gasteiger partial charge on any atom is -0.0622 e. The maximum Gasteiger partial charge on any atom is 0.0814 e. The highest BCUT2D eigenvalue weighted by Gasteiger charge is 2.16. The van der Waals surface area contributed by atoms with E-state index in [-0.39, 0.29) is 8.41 Å². The molecule has 0 saturated carbocycles. The first-order chi connectivity index (χ1) is 9.45. The molecule has 3 aromatic carbocycles. The van der Waals surface area contributed by atoms with Crippen molar-refractivity contribution in [3.63, 3.8) is 0 Å². The van der Waals surface area contributed by atoms with Crippen LogP contribution >= 0.6 is 0 Å². The van der Waals surface area contributed by atoms with Crippen molar-refractivity contribution in [3.8, 4) is 0 Å². The summed E-state index contributed by atoms with van der Waals surface area (Å²) in [6.07, 6.45) is 0. The molecule has 0 bridgehead atoms. The normalized spacial score (nSPS) is 10.1. The summed E-state index contributed by atoms with van der Waals surface area (Å²) in [7, 11) is 0. The summed E-state index contributed by atoms with van der Waals surface area (Å²) in [5, 5.41) is 0. The third-order valence-electron chi connectivity index (χ3n) is 3.19. The van der Waals surface area contributed by atoms with E-state index in [1.165, 1.54) is 22.6 Å². The van der Waals surface area contributed by atoms with Gasteiger partial charge in [0.1, 0.15) is 0 Å². The predicted molar refractivity (Wildman–Crippen MR) is 89.8 cm³/mol. The molecule has 0 nitrogen and oxygen atoms in total. The zero-order valence-corrected chi connectivity index (χ0v) is 10.7. The Morgan fingerprint density at radius 2 is 0.650 bits per heavy atom. The van der Waals surface area contributed by atoms with E-state index in [1.54, 1.807) is 0 Å². The molecule has 0 fully saturated rings. The van der Waals surface area contributed by atoms with Crippen LogP contribution in [0.5, 0.6) is 0 Å². The molecule has 0 spiro atoms. The van der Waals surface area contributed by atoms with Gasteiger partial charge < -0.3 is 0 Å². The van der Waals surface area contributed by atoms with Gasteiger partial charge in [-0.15, -0.1) is 0 Å². The molecule has 0 atom stereocenters. The highest BCUT2D eigenvalue weighted by molar-refractivity contribution is 5.75. The van der Waals surface area contributed by atoms with Gasteiger partial charge in [0.2, 0.25) is 0 Å². The van der Waals surface area contributed by atoms with E-state index in [0.717, 1.165) is 0 Å². The van der Waals surface area contributed by atoms with E-state index in [1.807, 2.05) is 0 Å². The Hall–Kier alpha value is -2.28. The van der Waals surface area contributed by atoms with Crippen molar-refractivity contribution in [2.45, 2.75) is 0 Å². The van der Waals surface area contributed by atoms with Crippen molar-refractivity contribution in [1.82, 2.24) is 0 Å². The second kappa shape index (κ2) is 6.77. The van der Waals surface area contributed by atoms with Crippen molar-refractivity contribution in [3.05, 3.63) is 114 Å². The molecule has 0 aliphatic heterocycles. The van der Waals surface area contributed by atoms with Crippen molar-refractivity contribution in [2.24, 2.45) is 0 Å². The Morgan fingerprint density at radius 3 is 0.900 bits per heavy atom. The summed E-state index contributed by atoms with van der Waals surface area (Å²) in [6, 6.07) is 31.6. The van der Waals surface area contributed by atoms with Crippen LogP contribution in [-0.4, -0.2) is 8.41 Å². The highest BCUT2D eigenvalue weighted by Crippen LogP contribution is 2.30. The van der Waals surface area contributed by atoms with Crippen LogP contribution in [0.15, 0.2) is 91.0 Å². The van der Waals surface area contributed by atoms with Crippen LogP contribution < -0.4 is 0 Å². The molecule has 3 aromatic rings. The lowest BCUT2D eigenvalue weighted by atomic mass is 9.85. The molecule has 20 heavy (non-hydrogen) atoms. The van der Waals surface area contributed by atoms with Gasteiger partial charge in [-0.25, -0.2) is 0 Å². The fraction of sp³-hybridized carbons (Fsp3) is 0. The van der Waals surface area contributed by atoms with Crippen LogP contribution in [0.25, 0.3) is 0 Å². The summed E-state index contributed by atoms with van der Waals surface area (Å²) in [5.41, 5.74) is 3.75. The molecule has 0 aliphatic carbocycles. The van der Waals surface area contributed by atoms with E-state index in [0.29, 0.717) is 0 Å². The second-order valence-corrected chi connectivity index (χ2v) is 4.47. The highest BCUT2D eigenvalue weighted by atomic mass is 14.2. The average molecular weight is 257 g/mol. The first-order valence-electron chi connectivity index (χ1n) is 6.48. The fourth-order valence-corrected chi connectivity index (χ4v) is 2.31. The lowest BCUT2D eigenvalue weighted by molar-refractivity contribution is 1.23. The van der Waals surface area contributed by atoms with Crippen LogP contribution in [0.1, 0.15) is 16.7 Å². The molecule has 1 radical (unpaired) electrons. The smallest absolute Gasteiger partial charge is 0.0622 e. The SMILES string of the molecule is B.c1ccc([C](c2ccccc2)c2ccccc2)cc1. The first-order valence-corrected chi connectivity index (χ1v) is 6.48. The number of hydrogen-bond donors (Lipinski definition) is 0. The van der Waals surface area contributed by atoms with Gasteiger partial charge in [0.25, 0.3) is 0 Å². The summed E-state index contributed by atoms with van der Waals surface area (Å²) < 4.78 is 0. The van der Waals surface area contributed by atoms with Gasteiger partial charge in [0.05, 0.1) is 14.3 Å². The largest absolute Gasteiger partial charge is 0.0814 e. The van der Waals surface area contributed by atoms with Crippen molar-refractivity contribution in [2.75, 3.05) is 0 Å². The molecule has 0 aliphatic rings. The molecule has 0 amide bonds. The number of benzene rings is 3. The fourth-order valence-electron chi connectivity index (χ4n) is 2.31. The topological polar surface area (TPSA) is 0 Å². The zero-order chi connectivity index (χ0) is 12.9. The minimum absolute atomic E-state index is 0. The van der Waals surface area contributed by atoms with Gasteiger partial charge in [0, 0.05) is 0 Å². The summed E-state index contributed by atoms with van der Waals surface area (Å²) in [6.45, 7) is 0. The average Bonchev–Trinajstić information content (AvgIpc) is 2.51. The number of hydrogen-bond acceptors (Lipinski definition) is 0. The zero-order valence-electron chi connectivity index (χ0n) is 10.7. The van der Waals surface area contributed by atoms with Crippen molar-refractivity contribution >= 4 is 8.41 Å². The van der Waals surface area contributed by atoms with Crippen LogP contribution in [-0.2, 0) is 0 Å². The Bertz CT molecular complexity index is 524. The first kappa shape index (κ1) is 14.1. The molecule has 97 valence electrons. The molecule has 1 heteroatoms. The molecule has 0 N–H and O–H groups in total. The molecular weight excluding hydrogens is 239 g/mol. The molecule has 0 heterocycles. The van der Waals surface area contributed by atoms with Crippen LogP contribution in [0, 0.1) is 5.92 Å². The van der Waals surface area contributed by atoms with Crippen molar-refractivity contribution < 1.29 is 0 Å². The third-order valence-corrected chi connectivity index (χ3v) is 3.19. The third kappa shape index (κ3) is 3.00.